The van der Waals surface area contributed by atoms with Crippen LogP contribution in [0.1, 0.15) is 32.8 Å². The number of nitrogens with zero attached hydrogens (tertiary/aromatic N) is 1. The van der Waals surface area contributed by atoms with E-state index in [1.807, 2.05) is 13.8 Å². The lowest BCUT2D eigenvalue weighted by Crippen LogP contribution is -2.52. The van der Waals surface area contributed by atoms with E-state index < -0.39 is 48.3 Å². The third-order valence-corrected chi connectivity index (χ3v) is 4.37. The average molecular weight is 515 g/mol. The molecule has 1 aromatic rings. The van der Waals surface area contributed by atoms with Crippen molar-refractivity contribution in [2.45, 2.75) is 45.7 Å². The maximum atomic E-state index is 12.1. The van der Waals surface area contributed by atoms with Crippen molar-refractivity contribution in [3.63, 3.8) is 0 Å². The van der Waals surface area contributed by atoms with Crippen molar-refractivity contribution in [2.75, 3.05) is 13.1 Å². The van der Waals surface area contributed by atoms with Crippen LogP contribution in [0, 0.1) is 5.92 Å². The molecule has 1 rings (SSSR count). The number of hydrogen-bond acceptors (Lipinski definition) is 7. The highest BCUT2D eigenvalue weighted by atomic mass is 35.5. The molecule has 2 unspecified atom stereocenters. The van der Waals surface area contributed by atoms with Crippen LogP contribution in [0.5, 0.6) is 0 Å². The lowest BCUT2D eigenvalue weighted by molar-refractivity contribution is -0.156. The summed E-state index contributed by atoms with van der Waals surface area (Å²) in [5, 5.41) is 19.9. The Morgan fingerprint density at radius 2 is 1.63 bits per heavy atom. The Hall–Kier alpha value is -3.28. The second-order valence-electron chi connectivity index (χ2n) is 7.94. The van der Waals surface area contributed by atoms with E-state index in [1.165, 1.54) is 6.92 Å². The first-order valence-electron chi connectivity index (χ1n) is 10.6. The first kappa shape index (κ1) is 33.9. The molecular formula is C23H35ClN4O7. The zero-order chi connectivity index (χ0) is 26.4. The molecule has 11 nitrogen and oxygen atoms in total. The number of aliphatic carboxylic acids is 2. The van der Waals surface area contributed by atoms with Crippen LogP contribution in [0.15, 0.2) is 42.5 Å². The Morgan fingerprint density at radius 3 is 2.03 bits per heavy atom. The summed E-state index contributed by atoms with van der Waals surface area (Å²) in [6, 6.07) is 6.83. The molecule has 0 radical (unpaired) electrons. The van der Waals surface area contributed by atoms with Crippen LogP contribution in [0.4, 0.5) is 0 Å². The molecule has 196 valence electrons. The van der Waals surface area contributed by atoms with Gasteiger partial charge in [-0.05, 0) is 24.8 Å². The summed E-state index contributed by atoms with van der Waals surface area (Å²) in [6.07, 6.45) is 0.576. The standard InChI is InChI=1S/C15H18N2O4.C8H16N2O3.ClH/c1-10(2)14(19)17(13(18)9-16)12(15(20)21)8-11-6-4-3-5-7-11;1-5(2)3-6(9)8(13)10-4-7(11)12;/h3-7,12H,1,8-9,16H2,2H3,(H,20,21);5-6H,3-4,9H2,1-2H3,(H,10,13)(H,11,12);1H. The summed E-state index contributed by atoms with van der Waals surface area (Å²) in [7, 11) is 0. The summed E-state index contributed by atoms with van der Waals surface area (Å²) in [6.45, 7) is 7.96. The molecule has 0 aromatic heterocycles. The van der Waals surface area contributed by atoms with Gasteiger partial charge in [0.1, 0.15) is 12.6 Å². The van der Waals surface area contributed by atoms with Crippen molar-refractivity contribution in [1.82, 2.24) is 10.2 Å². The highest BCUT2D eigenvalue weighted by molar-refractivity contribution is 6.06. The van der Waals surface area contributed by atoms with Gasteiger partial charge in [-0.15, -0.1) is 12.4 Å². The number of carboxylic acids is 2. The molecule has 0 heterocycles. The van der Waals surface area contributed by atoms with E-state index in [0.717, 1.165) is 0 Å². The minimum absolute atomic E-state index is 0. The van der Waals surface area contributed by atoms with Crippen molar-refractivity contribution in [1.29, 1.82) is 0 Å². The van der Waals surface area contributed by atoms with E-state index >= 15 is 0 Å². The third kappa shape index (κ3) is 13.3. The first-order chi connectivity index (χ1) is 15.8. The Kier molecular flexibility index (Phi) is 16.7. The molecule has 0 fully saturated rings. The van der Waals surface area contributed by atoms with E-state index in [9.17, 15) is 29.1 Å². The van der Waals surface area contributed by atoms with Crippen molar-refractivity contribution in [3.05, 3.63) is 48.0 Å². The normalized spacial score (nSPS) is 11.6. The zero-order valence-corrected chi connectivity index (χ0v) is 20.9. The lowest BCUT2D eigenvalue weighted by Gasteiger charge is -2.27. The average Bonchev–Trinajstić information content (AvgIpc) is 2.76. The molecule has 7 N–H and O–H groups in total. The van der Waals surface area contributed by atoms with E-state index in [1.54, 1.807) is 30.3 Å². The SMILES string of the molecule is C=C(C)C(=O)N(C(=O)CN)C(Cc1ccccc1)C(=O)O.CC(C)CC(N)C(=O)NCC(=O)O.Cl. The minimum atomic E-state index is -1.31. The van der Waals surface area contributed by atoms with Crippen LogP contribution >= 0.6 is 12.4 Å². The zero-order valence-electron chi connectivity index (χ0n) is 20.1. The summed E-state index contributed by atoms with van der Waals surface area (Å²) in [5.74, 6) is -3.89. The van der Waals surface area contributed by atoms with Crippen LogP contribution in [-0.2, 0) is 30.4 Å². The number of carboxylic acid groups (broad SMARTS) is 2. The van der Waals surface area contributed by atoms with Crippen molar-refractivity contribution in [3.8, 4) is 0 Å². The van der Waals surface area contributed by atoms with Gasteiger partial charge in [0, 0.05) is 12.0 Å². The molecule has 0 bridgehead atoms. The van der Waals surface area contributed by atoms with E-state index in [4.69, 9.17) is 16.6 Å². The smallest absolute Gasteiger partial charge is 0.327 e. The maximum Gasteiger partial charge on any atom is 0.327 e. The van der Waals surface area contributed by atoms with Gasteiger partial charge in [-0.3, -0.25) is 24.1 Å². The number of amides is 3. The van der Waals surface area contributed by atoms with E-state index in [2.05, 4.69) is 11.9 Å². The molecule has 3 amide bonds. The molecule has 0 saturated heterocycles. The number of carbonyl (C=O) groups is 5. The fraction of sp³-hybridized carbons (Fsp3) is 0.435. The number of benzene rings is 1. The van der Waals surface area contributed by atoms with Crippen LogP contribution in [0.2, 0.25) is 0 Å². The van der Waals surface area contributed by atoms with Gasteiger partial charge < -0.3 is 27.0 Å². The summed E-state index contributed by atoms with van der Waals surface area (Å²) in [5.41, 5.74) is 11.6. The molecule has 12 heteroatoms. The molecule has 0 saturated carbocycles. The summed E-state index contributed by atoms with van der Waals surface area (Å²) in [4.78, 5) is 57.3. The van der Waals surface area contributed by atoms with Gasteiger partial charge in [-0.1, -0.05) is 50.8 Å². The number of halogens is 1. The molecule has 1 aromatic carbocycles. The lowest BCUT2D eigenvalue weighted by atomic mass is 10.0. The van der Waals surface area contributed by atoms with E-state index in [-0.39, 0.29) is 30.9 Å². The monoisotopic (exact) mass is 514 g/mol. The number of imide groups is 1. The molecule has 0 aliphatic rings. The van der Waals surface area contributed by atoms with Crippen molar-refractivity contribution >= 4 is 42.1 Å². The van der Waals surface area contributed by atoms with Crippen molar-refractivity contribution in [2.24, 2.45) is 17.4 Å². The molecule has 35 heavy (non-hydrogen) atoms. The van der Waals surface area contributed by atoms with Gasteiger partial charge >= 0.3 is 11.9 Å². The summed E-state index contributed by atoms with van der Waals surface area (Å²) >= 11 is 0. The Labute approximate surface area is 210 Å². The molecular weight excluding hydrogens is 480 g/mol. The van der Waals surface area contributed by atoms with E-state index in [0.29, 0.717) is 22.8 Å². The molecule has 0 aliphatic carbocycles. The quantitative estimate of drug-likeness (QED) is 0.262. The van der Waals surface area contributed by atoms with Crippen LogP contribution in [0.25, 0.3) is 0 Å². The topological polar surface area (TPSA) is 193 Å². The number of nitrogens with one attached hydrogen (secondary N) is 1. The van der Waals surface area contributed by atoms with Crippen LogP contribution in [0.3, 0.4) is 0 Å². The third-order valence-electron chi connectivity index (χ3n) is 4.37. The predicted molar refractivity (Wildman–Crippen MR) is 133 cm³/mol. The second kappa shape index (κ2) is 17.2. The first-order valence-corrected chi connectivity index (χ1v) is 10.6. The number of hydrogen-bond donors (Lipinski definition) is 5. The predicted octanol–water partition coefficient (Wildman–Crippen LogP) is 0.555. The van der Waals surface area contributed by atoms with Gasteiger partial charge in [0.25, 0.3) is 5.91 Å². The fourth-order valence-electron chi connectivity index (χ4n) is 2.77. The Bertz CT molecular complexity index is 878. The van der Waals surface area contributed by atoms with Gasteiger partial charge in [-0.2, -0.15) is 0 Å². The summed E-state index contributed by atoms with van der Waals surface area (Å²) < 4.78 is 0. The Morgan fingerprint density at radius 1 is 1.09 bits per heavy atom. The molecule has 0 spiro atoms. The van der Waals surface area contributed by atoms with Gasteiger partial charge in [-0.25, -0.2) is 4.79 Å². The van der Waals surface area contributed by atoms with Crippen LogP contribution < -0.4 is 16.8 Å². The van der Waals surface area contributed by atoms with Crippen molar-refractivity contribution < 1.29 is 34.2 Å². The van der Waals surface area contributed by atoms with Gasteiger partial charge in [0.2, 0.25) is 11.8 Å². The Balaban J connectivity index is 0. The minimum Gasteiger partial charge on any atom is -0.480 e. The highest BCUT2D eigenvalue weighted by Crippen LogP contribution is 2.13. The van der Waals surface area contributed by atoms with Gasteiger partial charge in [0.05, 0.1) is 12.6 Å². The van der Waals surface area contributed by atoms with Crippen LogP contribution in [-0.4, -0.2) is 69.9 Å². The number of rotatable bonds is 11. The fourth-order valence-corrected chi connectivity index (χ4v) is 2.77. The number of nitrogens with two attached hydrogens (primary N) is 2. The van der Waals surface area contributed by atoms with Gasteiger partial charge in [0.15, 0.2) is 0 Å². The number of carbonyl (C=O) groups excluding carboxylic acids is 3. The molecule has 2 atom stereocenters. The maximum absolute atomic E-state index is 12.1. The highest BCUT2D eigenvalue weighted by Gasteiger charge is 2.34. The largest absolute Gasteiger partial charge is 0.480 e. The molecule has 0 aliphatic heterocycles. The second-order valence-corrected chi connectivity index (χ2v) is 7.94.